The molecular formula is C21H27NO7. The predicted octanol–water partition coefficient (Wildman–Crippen LogP) is 1.77. The average Bonchev–Trinajstić information content (AvgIpc) is 2.92. The highest BCUT2D eigenvalue weighted by molar-refractivity contribution is 6.01. The molecule has 3 saturated carbocycles. The first-order chi connectivity index (χ1) is 13.6. The molecule has 0 aromatic carbocycles. The van der Waals surface area contributed by atoms with E-state index in [0.29, 0.717) is 19.3 Å². The van der Waals surface area contributed by atoms with Crippen molar-refractivity contribution in [3.63, 3.8) is 0 Å². The van der Waals surface area contributed by atoms with Gasteiger partial charge in [0.2, 0.25) is 0 Å². The summed E-state index contributed by atoms with van der Waals surface area (Å²) in [5, 5.41) is 31.2. The minimum Gasteiger partial charge on any atom is -0.388 e. The van der Waals surface area contributed by atoms with E-state index in [9.17, 15) is 29.9 Å². The van der Waals surface area contributed by atoms with Crippen molar-refractivity contribution in [1.29, 1.82) is 0 Å². The van der Waals surface area contributed by atoms with Crippen LogP contribution >= 0.6 is 0 Å². The van der Waals surface area contributed by atoms with E-state index in [0.717, 1.165) is 5.57 Å². The number of carbonyl (C=O) groups excluding carboxylic acids is 2. The van der Waals surface area contributed by atoms with E-state index in [1.807, 2.05) is 13.0 Å². The van der Waals surface area contributed by atoms with Crippen LogP contribution < -0.4 is 0 Å². The maximum atomic E-state index is 12.5. The molecule has 0 radical (unpaired) electrons. The van der Waals surface area contributed by atoms with Crippen molar-refractivity contribution in [2.45, 2.75) is 57.7 Å². The molecule has 0 saturated heterocycles. The number of hydrogen-bond acceptors (Lipinski definition) is 7. The number of aliphatic hydroxyl groups excluding tert-OH is 1. The number of aliphatic hydroxyl groups is 2. The van der Waals surface area contributed by atoms with Crippen molar-refractivity contribution < 1.29 is 29.7 Å². The zero-order valence-corrected chi connectivity index (χ0v) is 16.7. The lowest BCUT2D eigenvalue weighted by Crippen LogP contribution is -2.62. The molecule has 29 heavy (non-hydrogen) atoms. The Kier molecular flexibility index (Phi) is 4.51. The second-order valence-corrected chi connectivity index (χ2v) is 9.49. The van der Waals surface area contributed by atoms with Gasteiger partial charge in [-0.05, 0) is 56.1 Å². The molecule has 4 rings (SSSR count). The van der Waals surface area contributed by atoms with E-state index in [-0.39, 0.29) is 36.4 Å². The second-order valence-electron chi connectivity index (χ2n) is 9.49. The van der Waals surface area contributed by atoms with Gasteiger partial charge < -0.3 is 15.1 Å². The highest BCUT2D eigenvalue weighted by Gasteiger charge is 2.68. The van der Waals surface area contributed by atoms with Crippen LogP contribution in [0.1, 0.15) is 46.0 Å². The number of rotatable bonds is 4. The van der Waals surface area contributed by atoms with Crippen LogP contribution in [0.4, 0.5) is 0 Å². The Bertz CT molecular complexity index is 835. The standard InChI is InChI=1S/C21H27NO7/c1-19-7-5-13(24)9-12(19)3-4-14-15-6-8-21(26,17(25)11-23)20(15,2)10-16(18(14)19)29-22(27)28/h5,7,9,14-16,18,23,26H,3-4,6,8,10-11H2,1-2H3/t14-,15-,16-,18+,19-,20-,21-/m0/s1. The van der Waals surface area contributed by atoms with E-state index >= 15 is 0 Å². The van der Waals surface area contributed by atoms with Gasteiger partial charge in [0, 0.05) is 16.7 Å². The van der Waals surface area contributed by atoms with Gasteiger partial charge >= 0.3 is 0 Å². The number of nitrogens with zero attached hydrogens (tertiary/aromatic N) is 1. The largest absolute Gasteiger partial charge is 0.388 e. The normalized spacial score (nSPS) is 45.7. The van der Waals surface area contributed by atoms with Crippen LogP contribution in [0, 0.1) is 38.7 Å². The monoisotopic (exact) mass is 405 g/mol. The van der Waals surface area contributed by atoms with Gasteiger partial charge in [0.15, 0.2) is 11.6 Å². The van der Waals surface area contributed by atoms with Gasteiger partial charge in [-0.2, -0.15) is 0 Å². The molecule has 4 aliphatic carbocycles. The number of fused-ring (bicyclic) bond motifs is 5. The summed E-state index contributed by atoms with van der Waals surface area (Å²) < 4.78 is 0. The smallest absolute Gasteiger partial charge is 0.294 e. The first kappa shape index (κ1) is 20.2. The van der Waals surface area contributed by atoms with Gasteiger partial charge in [0.05, 0.1) is 0 Å². The van der Waals surface area contributed by atoms with Crippen LogP contribution in [0.25, 0.3) is 0 Å². The SMILES string of the molecule is C[C@]12C=CC(=O)C=C1CC[C@@H]1[C@@H]2[C@@H](O[N+](=O)[O-])C[C@@]2(C)[C@H]1CC[C@]2(O)C(=O)CO. The summed E-state index contributed by atoms with van der Waals surface area (Å²) in [5.74, 6) is -0.969. The molecule has 0 bridgehead atoms. The van der Waals surface area contributed by atoms with Gasteiger partial charge in [-0.25, -0.2) is 0 Å². The number of ketones is 2. The predicted molar refractivity (Wildman–Crippen MR) is 101 cm³/mol. The number of carbonyl (C=O) groups is 2. The third-order valence-corrected chi connectivity index (χ3v) is 8.45. The van der Waals surface area contributed by atoms with Crippen molar-refractivity contribution in [2.75, 3.05) is 6.61 Å². The van der Waals surface area contributed by atoms with E-state index in [1.54, 1.807) is 13.0 Å². The molecule has 0 heterocycles. The molecular weight excluding hydrogens is 378 g/mol. The van der Waals surface area contributed by atoms with E-state index < -0.39 is 40.0 Å². The minimum absolute atomic E-state index is 0.000722. The summed E-state index contributed by atoms with van der Waals surface area (Å²) in [6.07, 6.45) is 6.58. The first-order valence-electron chi connectivity index (χ1n) is 10.2. The second kappa shape index (κ2) is 6.47. The highest BCUT2D eigenvalue weighted by Crippen LogP contribution is 2.67. The molecule has 0 spiro atoms. The van der Waals surface area contributed by atoms with Crippen LogP contribution in [0.5, 0.6) is 0 Å². The fourth-order valence-electron chi connectivity index (χ4n) is 7.09. The van der Waals surface area contributed by atoms with Gasteiger partial charge in [-0.3, -0.25) is 9.59 Å². The Balaban J connectivity index is 1.80. The van der Waals surface area contributed by atoms with E-state index in [2.05, 4.69) is 0 Å². The van der Waals surface area contributed by atoms with Crippen molar-refractivity contribution in [2.24, 2.45) is 28.6 Å². The van der Waals surface area contributed by atoms with E-state index in [1.165, 1.54) is 6.08 Å². The lowest BCUT2D eigenvalue weighted by molar-refractivity contribution is -0.773. The fourth-order valence-corrected chi connectivity index (χ4v) is 7.09. The highest BCUT2D eigenvalue weighted by atomic mass is 17.0. The molecule has 2 N–H and O–H groups in total. The van der Waals surface area contributed by atoms with E-state index in [4.69, 9.17) is 4.84 Å². The molecule has 0 aromatic rings. The van der Waals surface area contributed by atoms with Crippen molar-refractivity contribution >= 4 is 11.6 Å². The third kappa shape index (κ3) is 2.65. The van der Waals surface area contributed by atoms with Crippen molar-refractivity contribution in [1.82, 2.24) is 0 Å². The topological polar surface area (TPSA) is 127 Å². The quantitative estimate of drug-likeness (QED) is 0.539. The zero-order valence-electron chi connectivity index (χ0n) is 16.7. The summed E-state index contributed by atoms with van der Waals surface area (Å²) >= 11 is 0. The van der Waals surface area contributed by atoms with Crippen molar-refractivity contribution in [3.05, 3.63) is 33.9 Å². The van der Waals surface area contributed by atoms with Gasteiger partial charge in [0.1, 0.15) is 18.3 Å². The van der Waals surface area contributed by atoms with Gasteiger partial charge in [-0.15, -0.1) is 10.1 Å². The van der Waals surface area contributed by atoms with Crippen LogP contribution in [-0.4, -0.2) is 45.2 Å². The van der Waals surface area contributed by atoms with Crippen LogP contribution in [-0.2, 0) is 14.4 Å². The van der Waals surface area contributed by atoms with Crippen LogP contribution in [0.2, 0.25) is 0 Å². The summed E-state index contributed by atoms with van der Waals surface area (Å²) in [4.78, 5) is 40.9. The maximum absolute atomic E-state index is 12.5. The molecule has 8 nitrogen and oxygen atoms in total. The number of hydrogen-bond donors (Lipinski definition) is 2. The minimum atomic E-state index is -1.72. The van der Waals surface area contributed by atoms with Gasteiger partial charge in [0.25, 0.3) is 5.09 Å². The molecule has 0 aliphatic heterocycles. The number of allylic oxidation sites excluding steroid dienone is 4. The summed E-state index contributed by atoms with van der Waals surface area (Å²) in [6.45, 7) is 3.04. The average molecular weight is 405 g/mol. The van der Waals surface area contributed by atoms with Crippen LogP contribution in [0.3, 0.4) is 0 Å². The summed E-state index contributed by atoms with van der Waals surface area (Å²) in [5.41, 5.74) is -2.21. The Hall–Kier alpha value is -2.06. The Labute approximate surface area is 168 Å². The lowest BCUT2D eigenvalue weighted by atomic mass is 9.46. The Morgan fingerprint density at radius 1 is 1.38 bits per heavy atom. The first-order valence-corrected chi connectivity index (χ1v) is 10.2. The zero-order chi connectivity index (χ0) is 21.2. The van der Waals surface area contributed by atoms with Crippen molar-refractivity contribution in [3.8, 4) is 0 Å². The molecule has 158 valence electrons. The van der Waals surface area contributed by atoms with Gasteiger partial charge in [-0.1, -0.05) is 25.5 Å². The van der Waals surface area contributed by atoms with Crippen LogP contribution in [0.15, 0.2) is 23.8 Å². The molecule has 4 aliphatic rings. The summed E-state index contributed by atoms with van der Waals surface area (Å²) in [6, 6.07) is 0. The molecule has 7 atom stereocenters. The number of Topliss-reactive ketones (excluding diaryl/α,β-unsaturated/α-hetero) is 1. The maximum Gasteiger partial charge on any atom is 0.294 e. The summed E-state index contributed by atoms with van der Waals surface area (Å²) in [7, 11) is 0. The molecule has 0 unspecified atom stereocenters. The fraction of sp³-hybridized carbons (Fsp3) is 0.714. The molecule has 3 fully saturated rings. The Morgan fingerprint density at radius 3 is 2.76 bits per heavy atom. The lowest BCUT2D eigenvalue weighted by Gasteiger charge is -2.59. The Morgan fingerprint density at radius 2 is 2.10 bits per heavy atom. The molecule has 0 aromatic heterocycles. The molecule has 0 amide bonds. The third-order valence-electron chi connectivity index (χ3n) is 8.45. The molecule has 8 heteroatoms.